The Kier molecular flexibility index (Phi) is 3.58. The molecule has 0 unspecified atom stereocenters. The lowest BCUT2D eigenvalue weighted by Crippen LogP contribution is -2.50. The molecule has 53 valence electrons. The minimum Gasteiger partial charge on any atom is -0.327 e. The van der Waals surface area contributed by atoms with Gasteiger partial charge in [-0.15, -0.1) is 0 Å². The molecule has 0 heterocycles. The highest BCUT2D eigenvalue weighted by Gasteiger charge is 2.25. The molecule has 2 heteroatoms. The maximum absolute atomic E-state index is 2.24. The van der Waals surface area contributed by atoms with Crippen LogP contribution in [0.3, 0.4) is 0 Å². The van der Waals surface area contributed by atoms with Gasteiger partial charge in [-0.25, -0.2) is 0 Å². The molecule has 0 aromatic rings. The molecular weight excluding hydrogens is 109 g/mol. The molecule has 0 atom stereocenters. The predicted octanol–water partition coefficient (Wildman–Crippen LogP) is 1.11. The summed E-state index contributed by atoms with van der Waals surface area (Å²) in [7, 11) is 6.62. The lowest BCUT2D eigenvalue weighted by atomic mass is 10.1. The van der Waals surface area contributed by atoms with Gasteiger partial charge in [-0.3, -0.25) is 0 Å². The molecule has 0 aliphatic heterocycles. The minimum atomic E-state index is 0. The van der Waals surface area contributed by atoms with Crippen molar-refractivity contribution in [3.63, 3.8) is 0 Å². The maximum Gasteiger partial charge on any atom is 0.0901 e. The summed E-state index contributed by atoms with van der Waals surface area (Å²) < 4.78 is 1.02. The van der Waals surface area contributed by atoms with Gasteiger partial charge in [0.25, 0.3) is 0 Å². The van der Waals surface area contributed by atoms with E-state index in [2.05, 4.69) is 41.9 Å². The van der Waals surface area contributed by atoms with Crippen molar-refractivity contribution in [2.24, 2.45) is 0 Å². The number of rotatable bonds is 0. The molecule has 9 heavy (non-hydrogen) atoms. The molecule has 0 amide bonds. The number of hydrogen-bond donors (Lipinski definition) is 0. The van der Waals surface area contributed by atoms with E-state index < -0.39 is 0 Å². The minimum absolute atomic E-state index is 0. The van der Waals surface area contributed by atoms with Gasteiger partial charge < -0.3 is 4.48 Å². The summed E-state index contributed by atoms with van der Waals surface area (Å²) in [6, 6.07) is 0. The van der Waals surface area contributed by atoms with Crippen LogP contribution in [-0.2, 0) is 0 Å². The van der Waals surface area contributed by atoms with Crippen LogP contribution in [0.1, 0.15) is 20.8 Å². The largest absolute Gasteiger partial charge is 0.327 e. The molecule has 0 aliphatic rings. The maximum atomic E-state index is 2.24. The highest BCUT2D eigenvalue weighted by atomic mass is 15.3. The molecule has 0 saturated heterocycles. The van der Waals surface area contributed by atoms with Crippen molar-refractivity contribution in [1.29, 1.82) is 0 Å². The molecule has 0 spiro atoms. The fourth-order valence-corrected chi connectivity index (χ4v) is 0. The molecule has 0 N–H and O–H groups in total. The molecule has 0 aromatic carbocycles. The van der Waals surface area contributed by atoms with Crippen LogP contribution in [0, 0.1) is 0 Å². The van der Waals surface area contributed by atoms with E-state index in [-0.39, 0.29) is 8.41 Å². The molecule has 1 nitrogen and oxygen atoms in total. The number of nitrogens with zero attached hydrogens (tertiary/aromatic N) is 1. The average Bonchev–Trinajstić information content (AvgIpc) is 1.25. The van der Waals surface area contributed by atoms with Crippen molar-refractivity contribution in [2.75, 3.05) is 21.1 Å². The summed E-state index contributed by atoms with van der Waals surface area (Å²) in [5.41, 5.74) is 0.375. The summed E-state index contributed by atoms with van der Waals surface area (Å²) in [6.45, 7) is 6.73. The first-order chi connectivity index (χ1) is 3.25. The van der Waals surface area contributed by atoms with E-state index in [0.29, 0.717) is 5.54 Å². The van der Waals surface area contributed by atoms with Crippen molar-refractivity contribution in [2.45, 2.75) is 26.3 Å². The van der Waals surface area contributed by atoms with Crippen LogP contribution >= 0.6 is 0 Å². The molecule has 0 bridgehead atoms. The third kappa shape index (κ3) is 3.58. The van der Waals surface area contributed by atoms with Crippen molar-refractivity contribution in [3.05, 3.63) is 0 Å². The third-order valence-electron chi connectivity index (χ3n) is 2.01. The third-order valence-corrected chi connectivity index (χ3v) is 2.01. The Bertz CT molecular complexity index is 63.9. The van der Waals surface area contributed by atoms with Gasteiger partial charge >= 0.3 is 0 Å². The Labute approximate surface area is 61.2 Å². The van der Waals surface area contributed by atoms with Gasteiger partial charge in [-0.1, -0.05) is 0 Å². The smallest absolute Gasteiger partial charge is 0.0901 e. The standard InChI is InChI=1S/C7H18N.B/c1-7(2,3)8(4,5)6;/h1-6H3;/q+1;. The van der Waals surface area contributed by atoms with Crippen molar-refractivity contribution < 1.29 is 4.48 Å². The summed E-state index contributed by atoms with van der Waals surface area (Å²) >= 11 is 0. The van der Waals surface area contributed by atoms with Gasteiger partial charge in [-0.05, 0) is 20.8 Å². The summed E-state index contributed by atoms with van der Waals surface area (Å²) in [4.78, 5) is 0. The highest BCUT2D eigenvalue weighted by Crippen LogP contribution is 2.14. The second-order valence-corrected chi connectivity index (χ2v) is 4.18. The highest BCUT2D eigenvalue weighted by molar-refractivity contribution is 5.75. The summed E-state index contributed by atoms with van der Waals surface area (Å²) in [5, 5.41) is 0. The summed E-state index contributed by atoms with van der Waals surface area (Å²) in [6.07, 6.45) is 0. The van der Waals surface area contributed by atoms with Crippen LogP contribution in [0.4, 0.5) is 0 Å². The monoisotopic (exact) mass is 127 g/mol. The van der Waals surface area contributed by atoms with E-state index in [1.165, 1.54) is 0 Å². The molecular formula is C7H18BN+. The van der Waals surface area contributed by atoms with Crippen molar-refractivity contribution in [1.82, 2.24) is 0 Å². The zero-order valence-corrected chi connectivity index (χ0v) is 7.52. The van der Waals surface area contributed by atoms with Crippen LogP contribution in [0.5, 0.6) is 0 Å². The van der Waals surface area contributed by atoms with Gasteiger partial charge in [-0.2, -0.15) is 0 Å². The van der Waals surface area contributed by atoms with E-state index >= 15 is 0 Å². The van der Waals surface area contributed by atoms with Gasteiger partial charge in [0.05, 0.1) is 26.7 Å². The lowest BCUT2D eigenvalue weighted by Gasteiger charge is -2.38. The fraction of sp³-hybridized carbons (Fsp3) is 1.00. The van der Waals surface area contributed by atoms with E-state index in [1.54, 1.807) is 0 Å². The normalized spacial score (nSPS) is 12.7. The average molecular weight is 127 g/mol. The van der Waals surface area contributed by atoms with Gasteiger partial charge in [0.1, 0.15) is 0 Å². The fourth-order valence-electron chi connectivity index (χ4n) is 0. The molecule has 3 radical (unpaired) electrons. The lowest BCUT2D eigenvalue weighted by molar-refractivity contribution is -0.917. The van der Waals surface area contributed by atoms with E-state index in [0.717, 1.165) is 4.48 Å². The Morgan fingerprint density at radius 2 is 1.00 bits per heavy atom. The number of quaternary nitrogens is 1. The molecule has 0 saturated carbocycles. The van der Waals surface area contributed by atoms with Crippen molar-refractivity contribution >= 4 is 8.41 Å². The van der Waals surface area contributed by atoms with E-state index in [4.69, 9.17) is 0 Å². The molecule has 0 rings (SSSR count). The first-order valence-corrected chi connectivity index (χ1v) is 3.07. The topological polar surface area (TPSA) is 0 Å². The van der Waals surface area contributed by atoms with Crippen LogP contribution in [0.15, 0.2) is 0 Å². The van der Waals surface area contributed by atoms with Crippen LogP contribution in [0.25, 0.3) is 0 Å². The zero-order valence-electron chi connectivity index (χ0n) is 7.52. The van der Waals surface area contributed by atoms with Gasteiger partial charge in [0.2, 0.25) is 0 Å². The first kappa shape index (κ1) is 11.8. The van der Waals surface area contributed by atoms with Crippen LogP contribution in [0.2, 0.25) is 0 Å². The molecule has 0 aliphatic carbocycles. The van der Waals surface area contributed by atoms with Crippen LogP contribution in [-0.4, -0.2) is 39.6 Å². The zero-order chi connectivity index (χ0) is 7.00. The quantitative estimate of drug-likeness (QED) is 0.337. The second-order valence-electron chi connectivity index (χ2n) is 4.18. The predicted molar refractivity (Wildman–Crippen MR) is 43.5 cm³/mol. The Hall–Kier alpha value is 0.0249. The Morgan fingerprint density at radius 1 is 0.889 bits per heavy atom. The van der Waals surface area contributed by atoms with Gasteiger partial charge in [0, 0.05) is 8.41 Å². The second kappa shape index (κ2) is 2.74. The van der Waals surface area contributed by atoms with E-state index in [1.807, 2.05) is 0 Å². The van der Waals surface area contributed by atoms with E-state index in [9.17, 15) is 0 Å². The molecule has 0 aromatic heterocycles. The SMILES string of the molecule is CC(C)(C)[N+](C)(C)C.[B]. The first-order valence-electron chi connectivity index (χ1n) is 3.07. The van der Waals surface area contributed by atoms with Crippen LogP contribution < -0.4 is 0 Å². The number of hydrogen-bond acceptors (Lipinski definition) is 0. The van der Waals surface area contributed by atoms with Gasteiger partial charge in [0.15, 0.2) is 0 Å². The Balaban J connectivity index is 0. The molecule has 0 fully saturated rings. The summed E-state index contributed by atoms with van der Waals surface area (Å²) in [5.74, 6) is 0. The van der Waals surface area contributed by atoms with Crippen molar-refractivity contribution in [3.8, 4) is 0 Å². The Morgan fingerprint density at radius 3 is 1.00 bits per heavy atom.